The van der Waals surface area contributed by atoms with Gasteiger partial charge in [-0.25, -0.2) is 0 Å². The highest BCUT2D eigenvalue weighted by Crippen LogP contribution is 2.51. The monoisotopic (exact) mass is 1790 g/mol. The summed E-state index contributed by atoms with van der Waals surface area (Å²) >= 11 is 0. The van der Waals surface area contributed by atoms with Crippen LogP contribution in [0, 0.1) is 0 Å². The summed E-state index contributed by atoms with van der Waals surface area (Å²) in [7, 11) is 0. The van der Waals surface area contributed by atoms with E-state index in [1.54, 1.807) is 0 Å². The maximum Gasteiger partial charge on any atom is 0.159 e. The molecule has 26 rings (SSSR count). The Morgan fingerprint density at radius 1 is 0.121 bits per heavy atom. The van der Waals surface area contributed by atoms with E-state index in [0.29, 0.717) is 0 Å². The van der Waals surface area contributed by atoms with Crippen molar-refractivity contribution in [2.75, 3.05) is 14.7 Å². The largest absolute Gasteiger partial charge is 0.454 e. The van der Waals surface area contributed by atoms with E-state index in [9.17, 15) is 0 Å². The van der Waals surface area contributed by atoms with Crippen LogP contribution in [0.15, 0.2) is 565 Å². The smallest absolute Gasteiger partial charge is 0.159 e. The first-order chi connectivity index (χ1) is 69.4. The van der Waals surface area contributed by atoms with Crippen LogP contribution in [0.3, 0.4) is 0 Å². The quantitative estimate of drug-likeness (QED) is 0.0853. The fraction of sp³-hybridized carbons (Fsp3) is 0. The van der Waals surface area contributed by atoms with Crippen LogP contribution in [-0.4, -0.2) is 0 Å². The highest BCUT2D eigenvalue weighted by Gasteiger charge is 2.27. The minimum atomic E-state index is 0.862. The van der Waals surface area contributed by atoms with E-state index >= 15 is 0 Å². The van der Waals surface area contributed by atoms with Crippen molar-refractivity contribution in [3.05, 3.63) is 552 Å². The van der Waals surface area contributed by atoms with Gasteiger partial charge < -0.3 is 28.0 Å². The van der Waals surface area contributed by atoms with E-state index in [1.165, 1.54) is 93.9 Å². The standard InChI is InChI=1S/2C46H31NO.C42H29NO/c1-3-12-32(13-4-1)34-22-26-38(27-23-34)47(39-28-24-36(25-29-39)41-20-11-17-35-16-7-8-18-40(35)41)44-31-37(33-14-5-2-6-15-33)30-43-42-19-9-10-21-45(42)48-46(43)44;1-3-11-32(12-4-1)35-21-25-40(26-22-35)47(41-27-23-36(24-28-41)38-20-19-34-15-7-8-16-37(34)29-38)44-31-39(33-13-5-2-6-14-33)30-43-42-17-9-10-18-45(42)48-46(43)44;1-4-12-30(13-5-1)32-20-22-33(23-21-32)34-24-26-37(27-25-34)43(36-16-8-3-9-17-36)40-29-35(31-14-6-2-7-15-31)28-39-38-18-10-11-19-41(38)44-42(39)40/h2*1-31H;1-29H. The molecule has 0 aliphatic rings. The fourth-order valence-corrected chi connectivity index (χ4v) is 19.8. The van der Waals surface area contributed by atoms with Gasteiger partial charge >= 0.3 is 0 Å². The van der Waals surface area contributed by atoms with Crippen LogP contribution in [0.1, 0.15) is 0 Å². The van der Waals surface area contributed by atoms with E-state index in [1.807, 2.05) is 24.3 Å². The van der Waals surface area contributed by atoms with Crippen molar-refractivity contribution in [1.82, 2.24) is 0 Å². The van der Waals surface area contributed by atoms with Gasteiger partial charge in [0.2, 0.25) is 0 Å². The maximum absolute atomic E-state index is 6.69. The first-order valence-electron chi connectivity index (χ1n) is 47.6. The third-order valence-corrected chi connectivity index (χ3v) is 26.8. The van der Waals surface area contributed by atoms with Crippen LogP contribution in [0.4, 0.5) is 51.2 Å². The summed E-state index contributed by atoms with van der Waals surface area (Å²) in [5.41, 5.74) is 35.8. The molecule has 6 heteroatoms. The normalized spacial score (nSPS) is 11.3. The summed E-state index contributed by atoms with van der Waals surface area (Å²) in [5, 5.41) is 11.6. The molecule has 26 aromatic rings. The molecule has 0 fully saturated rings. The van der Waals surface area contributed by atoms with Gasteiger partial charge in [-0.3, -0.25) is 0 Å². The molecule has 0 spiro atoms. The molecule has 3 heterocycles. The van der Waals surface area contributed by atoms with E-state index < -0.39 is 0 Å². The van der Waals surface area contributed by atoms with Crippen LogP contribution < -0.4 is 14.7 Å². The minimum Gasteiger partial charge on any atom is -0.454 e. The first-order valence-corrected chi connectivity index (χ1v) is 47.6. The number of para-hydroxylation sites is 4. The molecule has 0 N–H and O–H groups in total. The lowest BCUT2D eigenvalue weighted by Crippen LogP contribution is -2.10. The zero-order valence-electron chi connectivity index (χ0n) is 76.6. The first kappa shape index (κ1) is 84.4. The molecule has 0 atom stereocenters. The van der Waals surface area contributed by atoms with Gasteiger partial charge in [0, 0.05) is 66.4 Å². The highest BCUT2D eigenvalue weighted by atomic mass is 16.3. The van der Waals surface area contributed by atoms with E-state index in [4.69, 9.17) is 13.3 Å². The molecule has 0 saturated heterocycles. The summed E-state index contributed by atoms with van der Waals surface area (Å²) in [6.45, 7) is 0. The van der Waals surface area contributed by atoms with Crippen molar-refractivity contribution in [2.45, 2.75) is 0 Å². The molecule has 0 unspecified atom stereocenters. The molecule has 0 bridgehead atoms. The Bertz CT molecular complexity index is 8890. The number of fused-ring (bicyclic) bond motifs is 11. The number of anilines is 9. The highest BCUT2D eigenvalue weighted by molar-refractivity contribution is 6.16. The summed E-state index contributed by atoms with van der Waals surface area (Å²) < 4.78 is 20.0. The van der Waals surface area contributed by atoms with Gasteiger partial charge in [-0.1, -0.05) is 419 Å². The number of hydrogen-bond acceptors (Lipinski definition) is 6. The molecular formula is C134H91N3O3. The SMILES string of the molecule is c1ccc(-c2ccc(-c3ccc(N(c4ccccc4)c4cc(-c5ccccc5)cc5c4oc4ccccc45)cc3)cc2)cc1.c1ccc(-c2ccc(N(c3ccc(-c4ccc5ccccc5c4)cc3)c3cc(-c4ccccc4)cc4c3oc3ccccc34)cc2)cc1.c1ccc(-c2ccc(N(c3ccc(-c4cccc5ccccc45)cc3)c3cc(-c4ccccc4)cc4c3oc3ccccc34)cc2)cc1. The average Bonchev–Trinajstić information content (AvgIpc) is 1.57. The fourth-order valence-electron chi connectivity index (χ4n) is 19.8. The Morgan fingerprint density at radius 2 is 0.350 bits per heavy atom. The van der Waals surface area contributed by atoms with Gasteiger partial charge in [-0.15, -0.1) is 0 Å². The number of nitrogens with zero attached hydrogens (tertiary/aromatic N) is 3. The Kier molecular flexibility index (Phi) is 22.7. The third kappa shape index (κ3) is 16.8. The molecule has 3 aromatic heterocycles. The second-order valence-electron chi connectivity index (χ2n) is 35.3. The molecule has 140 heavy (non-hydrogen) atoms. The lowest BCUT2D eigenvalue weighted by Gasteiger charge is -2.27. The predicted octanol–water partition coefficient (Wildman–Crippen LogP) is 38.5. The lowest BCUT2D eigenvalue weighted by molar-refractivity contribution is 0.669. The number of furan rings is 3. The zero-order chi connectivity index (χ0) is 93.0. The Morgan fingerprint density at radius 3 is 0.686 bits per heavy atom. The third-order valence-electron chi connectivity index (χ3n) is 26.8. The summed E-state index contributed by atoms with van der Waals surface area (Å²) in [5.74, 6) is 0. The number of hydrogen-bond donors (Lipinski definition) is 0. The van der Waals surface area contributed by atoms with Crippen molar-refractivity contribution < 1.29 is 13.3 Å². The molecular weight excluding hydrogens is 1700 g/mol. The Hall–Kier alpha value is -18.6. The van der Waals surface area contributed by atoms with Gasteiger partial charge in [0.05, 0.1) is 17.1 Å². The van der Waals surface area contributed by atoms with E-state index in [2.05, 4.69) is 542 Å². The average molecular weight is 1790 g/mol. The Balaban J connectivity index is 0.000000114. The van der Waals surface area contributed by atoms with Crippen LogP contribution in [0.2, 0.25) is 0 Å². The minimum absolute atomic E-state index is 0.862. The van der Waals surface area contributed by atoms with Crippen molar-refractivity contribution >= 4 is 139 Å². The van der Waals surface area contributed by atoms with Crippen LogP contribution in [0.25, 0.3) is 188 Å². The van der Waals surface area contributed by atoms with Gasteiger partial charge in [0.1, 0.15) is 16.7 Å². The Labute approximate surface area is 813 Å². The summed E-state index contributed by atoms with van der Waals surface area (Å²) in [6, 6.07) is 196. The number of benzene rings is 23. The summed E-state index contributed by atoms with van der Waals surface area (Å²) in [6.07, 6.45) is 0. The molecule has 660 valence electrons. The maximum atomic E-state index is 6.69. The van der Waals surface area contributed by atoms with E-state index in [-0.39, 0.29) is 0 Å². The number of rotatable bonds is 18. The lowest BCUT2D eigenvalue weighted by atomic mass is 9.97. The van der Waals surface area contributed by atoms with Crippen LogP contribution in [0.5, 0.6) is 0 Å². The molecule has 0 saturated carbocycles. The topological polar surface area (TPSA) is 49.1 Å². The van der Waals surface area contributed by atoms with Gasteiger partial charge in [0.25, 0.3) is 0 Å². The zero-order valence-corrected chi connectivity index (χ0v) is 76.6. The van der Waals surface area contributed by atoms with E-state index in [0.717, 1.165) is 145 Å². The molecule has 0 aliphatic carbocycles. The second-order valence-corrected chi connectivity index (χ2v) is 35.3. The predicted molar refractivity (Wildman–Crippen MR) is 589 cm³/mol. The van der Waals surface area contributed by atoms with Crippen molar-refractivity contribution in [3.63, 3.8) is 0 Å². The second kappa shape index (κ2) is 37.7. The van der Waals surface area contributed by atoms with Crippen molar-refractivity contribution in [2.24, 2.45) is 0 Å². The van der Waals surface area contributed by atoms with Gasteiger partial charge in [0.15, 0.2) is 16.7 Å². The summed E-state index contributed by atoms with van der Waals surface area (Å²) in [4.78, 5) is 6.97. The van der Waals surface area contributed by atoms with Gasteiger partial charge in [-0.05, 0) is 255 Å². The van der Waals surface area contributed by atoms with Crippen LogP contribution in [-0.2, 0) is 0 Å². The van der Waals surface area contributed by atoms with Crippen LogP contribution >= 0.6 is 0 Å². The molecule has 0 amide bonds. The molecule has 6 nitrogen and oxygen atoms in total. The molecule has 0 aliphatic heterocycles. The van der Waals surface area contributed by atoms with Crippen molar-refractivity contribution in [1.29, 1.82) is 0 Å². The molecule has 23 aromatic carbocycles. The molecule has 0 radical (unpaired) electrons. The van der Waals surface area contributed by atoms with Crippen molar-refractivity contribution in [3.8, 4) is 100 Å². The van der Waals surface area contributed by atoms with Gasteiger partial charge in [-0.2, -0.15) is 0 Å².